The van der Waals surface area contributed by atoms with Crippen LogP contribution in [0.15, 0.2) is 60.7 Å². The van der Waals surface area contributed by atoms with E-state index in [1.807, 2.05) is 48.5 Å². The fourth-order valence-electron chi connectivity index (χ4n) is 2.46. The Hall–Kier alpha value is -2.48. The molecule has 0 aliphatic rings. The number of phenols is 1. The van der Waals surface area contributed by atoms with E-state index in [4.69, 9.17) is 4.74 Å². The van der Waals surface area contributed by atoms with Crippen molar-refractivity contribution in [2.75, 3.05) is 7.11 Å². The van der Waals surface area contributed by atoms with Crippen molar-refractivity contribution in [1.29, 1.82) is 0 Å². The van der Waals surface area contributed by atoms with Crippen molar-refractivity contribution in [2.24, 2.45) is 0 Å². The summed E-state index contributed by atoms with van der Waals surface area (Å²) in [6, 6.07) is 19.8. The number of hydrogen-bond donors (Lipinski definition) is 1. The van der Waals surface area contributed by atoms with Crippen molar-refractivity contribution in [3.05, 3.63) is 71.8 Å². The molecule has 0 aromatic heterocycles. The Morgan fingerprint density at radius 1 is 0.900 bits per heavy atom. The predicted molar refractivity (Wildman–Crippen MR) is 81.4 cm³/mol. The molecule has 20 heavy (non-hydrogen) atoms. The predicted octanol–water partition coefficient (Wildman–Crippen LogP) is 4.14. The molecule has 0 aliphatic heterocycles. The molecular formula is C18H16O2. The highest BCUT2D eigenvalue weighted by molar-refractivity contribution is 5.88. The third-order valence-corrected chi connectivity index (χ3v) is 3.56. The summed E-state index contributed by atoms with van der Waals surface area (Å²) in [6.07, 6.45) is 0.706. The van der Waals surface area contributed by atoms with Crippen LogP contribution in [0.4, 0.5) is 0 Å². The van der Waals surface area contributed by atoms with Crippen LogP contribution in [0, 0.1) is 0 Å². The van der Waals surface area contributed by atoms with Gasteiger partial charge in [0.25, 0.3) is 0 Å². The van der Waals surface area contributed by atoms with Crippen molar-refractivity contribution < 1.29 is 9.84 Å². The third kappa shape index (κ3) is 2.32. The Balaban J connectivity index is 2.02. The maximum atomic E-state index is 10.1. The first-order chi connectivity index (χ1) is 9.78. The zero-order valence-corrected chi connectivity index (χ0v) is 11.3. The normalized spacial score (nSPS) is 10.7. The van der Waals surface area contributed by atoms with Crippen molar-refractivity contribution in [1.82, 2.24) is 0 Å². The van der Waals surface area contributed by atoms with E-state index in [-0.39, 0.29) is 0 Å². The Labute approximate surface area is 118 Å². The Bertz CT molecular complexity index is 730. The number of ether oxygens (including phenoxy) is 1. The molecule has 2 heteroatoms. The van der Waals surface area contributed by atoms with Crippen molar-refractivity contribution in [2.45, 2.75) is 6.42 Å². The van der Waals surface area contributed by atoms with E-state index in [9.17, 15) is 5.11 Å². The highest BCUT2D eigenvalue weighted by Crippen LogP contribution is 2.29. The molecule has 0 saturated carbocycles. The van der Waals surface area contributed by atoms with Gasteiger partial charge in [-0.25, -0.2) is 0 Å². The van der Waals surface area contributed by atoms with Gasteiger partial charge in [0.05, 0.1) is 7.11 Å². The number of benzene rings is 3. The second-order valence-corrected chi connectivity index (χ2v) is 4.81. The molecule has 2 nitrogen and oxygen atoms in total. The third-order valence-electron chi connectivity index (χ3n) is 3.56. The van der Waals surface area contributed by atoms with Gasteiger partial charge in [-0.3, -0.25) is 0 Å². The lowest BCUT2D eigenvalue weighted by molar-refractivity contribution is 0.414. The number of phenolic OH excluding ortho intramolecular Hbond substituents is 1. The van der Waals surface area contributed by atoms with Crippen molar-refractivity contribution in [3.8, 4) is 11.5 Å². The minimum absolute atomic E-state index is 0.347. The second kappa shape index (κ2) is 5.25. The molecule has 3 rings (SSSR count). The van der Waals surface area contributed by atoms with Gasteiger partial charge in [-0.05, 0) is 34.5 Å². The van der Waals surface area contributed by atoms with Crippen LogP contribution in [0.3, 0.4) is 0 Å². The fraction of sp³-hybridized carbons (Fsp3) is 0.111. The molecule has 0 atom stereocenters. The molecule has 0 aliphatic carbocycles. The van der Waals surface area contributed by atoms with E-state index in [2.05, 4.69) is 6.07 Å². The number of fused-ring (bicyclic) bond motifs is 1. The Morgan fingerprint density at radius 2 is 1.65 bits per heavy atom. The lowest BCUT2D eigenvalue weighted by Crippen LogP contribution is -1.91. The summed E-state index contributed by atoms with van der Waals surface area (Å²) in [6.45, 7) is 0. The van der Waals surface area contributed by atoms with Gasteiger partial charge in [0.2, 0.25) is 0 Å². The van der Waals surface area contributed by atoms with Crippen LogP contribution in [-0.4, -0.2) is 12.2 Å². The topological polar surface area (TPSA) is 29.5 Å². The van der Waals surface area contributed by atoms with Gasteiger partial charge >= 0.3 is 0 Å². The van der Waals surface area contributed by atoms with Crippen LogP contribution >= 0.6 is 0 Å². The maximum absolute atomic E-state index is 10.1. The summed E-state index contributed by atoms with van der Waals surface area (Å²) in [5, 5.41) is 12.4. The largest absolute Gasteiger partial charge is 0.508 e. The zero-order valence-electron chi connectivity index (χ0n) is 11.3. The van der Waals surface area contributed by atoms with Crippen LogP contribution < -0.4 is 4.74 Å². The van der Waals surface area contributed by atoms with E-state index in [0.717, 1.165) is 27.6 Å². The number of methoxy groups -OCH3 is 1. The molecule has 0 saturated heterocycles. The number of hydrogen-bond acceptors (Lipinski definition) is 2. The lowest BCUT2D eigenvalue weighted by Gasteiger charge is -2.10. The van der Waals surface area contributed by atoms with E-state index in [1.54, 1.807) is 13.2 Å². The van der Waals surface area contributed by atoms with Gasteiger partial charge < -0.3 is 9.84 Å². The van der Waals surface area contributed by atoms with Crippen LogP contribution in [-0.2, 0) is 6.42 Å². The molecular weight excluding hydrogens is 248 g/mol. The maximum Gasteiger partial charge on any atom is 0.119 e. The molecule has 0 bridgehead atoms. The van der Waals surface area contributed by atoms with Gasteiger partial charge in [0, 0.05) is 12.0 Å². The first-order valence-electron chi connectivity index (χ1n) is 6.60. The summed E-state index contributed by atoms with van der Waals surface area (Å²) >= 11 is 0. The SMILES string of the molecule is COc1ccc(Cc2c(O)ccc3ccccc23)cc1. The van der Waals surface area contributed by atoms with Crippen LogP contribution in [0.1, 0.15) is 11.1 Å². The highest BCUT2D eigenvalue weighted by Gasteiger charge is 2.07. The lowest BCUT2D eigenvalue weighted by atomic mass is 9.97. The van der Waals surface area contributed by atoms with Crippen LogP contribution in [0.5, 0.6) is 11.5 Å². The van der Waals surface area contributed by atoms with Crippen LogP contribution in [0.25, 0.3) is 10.8 Å². The van der Waals surface area contributed by atoms with Crippen LogP contribution in [0.2, 0.25) is 0 Å². The average molecular weight is 264 g/mol. The molecule has 0 amide bonds. The van der Waals surface area contributed by atoms with E-state index >= 15 is 0 Å². The molecule has 3 aromatic carbocycles. The smallest absolute Gasteiger partial charge is 0.119 e. The summed E-state index contributed by atoms with van der Waals surface area (Å²) in [5.74, 6) is 1.19. The zero-order chi connectivity index (χ0) is 13.9. The summed E-state index contributed by atoms with van der Waals surface area (Å²) in [4.78, 5) is 0. The molecule has 0 heterocycles. The quantitative estimate of drug-likeness (QED) is 0.770. The molecule has 1 N–H and O–H groups in total. The Kier molecular flexibility index (Phi) is 3.30. The van der Waals surface area contributed by atoms with E-state index < -0.39 is 0 Å². The minimum Gasteiger partial charge on any atom is -0.508 e. The van der Waals surface area contributed by atoms with Gasteiger partial charge in [0.15, 0.2) is 0 Å². The van der Waals surface area contributed by atoms with E-state index in [0.29, 0.717) is 12.2 Å². The minimum atomic E-state index is 0.347. The monoisotopic (exact) mass is 264 g/mol. The average Bonchev–Trinajstić information content (AvgIpc) is 2.51. The summed E-state index contributed by atoms with van der Waals surface area (Å²) in [7, 11) is 1.66. The molecule has 100 valence electrons. The van der Waals surface area contributed by atoms with Gasteiger partial charge in [-0.15, -0.1) is 0 Å². The van der Waals surface area contributed by atoms with Crippen molar-refractivity contribution >= 4 is 10.8 Å². The number of rotatable bonds is 3. The molecule has 0 fully saturated rings. The van der Waals surface area contributed by atoms with Gasteiger partial charge in [0.1, 0.15) is 11.5 Å². The molecule has 3 aromatic rings. The standard InChI is InChI=1S/C18H16O2/c1-20-15-9-6-13(7-10-15)12-17-16-5-3-2-4-14(16)8-11-18(17)19/h2-11,19H,12H2,1H3. The fourth-order valence-corrected chi connectivity index (χ4v) is 2.46. The molecule has 0 radical (unpaired) electrons. The highest BCUT2D eigenvalue weighted by atomic mass is 16.5. The van der Waals surface area contributed by atoms with Gasteiger partial charge in [-0.1, -0.05) is 42.5 Å². The van der Waals surface area contributed by atoms with Gasteiger partial charge in [-0.2, -0.15) is 0 Å². The first-order valence-corrected chi connectivity index (χ1v) is 6.60. The number of aromatic hydroxyl groups is 1. The first kappa shape index (κ1) is 12.5. The van der Waals surface area contributed by atoms with E-state index in [1.165, 1.54) is 0 Å². The van der Waals surface area contributed by atoms with Crippen molar-refractivity contribution in [3.63, 3.8) is 0 Å². The summed E-state index contributed by atoms with van der Waals surface area (Å²) in [5.41, 5.74) is 2.12. The second-order valence-electron chi connectivity index (χ2n) is 4.81. The Morgan fingerprint density at radius 3 is 2.40 bits per heavy atom. The summed E-state index contributed by atoms with van der Waals surface area (Å²) < 4.78 is 5.16. The molecule has 0 spiro atoms. The molecule has 0 unspecified atom stereocenters.